The molecule has 5 rings (SSSR count). The molecule has 1 aliphatic rings. The molecule has 0 radical (unpaired) electrons. The molecule has 0 aromatic carbocycles. The summed E-state index contributed by atoms with van der Waals surface area (Å²) in [4.78, 5) is 17.9. The van der Waals surface area contributed by atoms with E-state index in [-0.39, 0.29) is 17.2 Å². The van der Waals surface area contributed by atoms with Crippen molar-refractivity contribution in [3.05, 3.63) is 71.2 Å². The molecule has 0 aliphatic carbocycles. The summed E-state index contributed by atoms with van der Waals surface area (Å²) in [5.41, 5.74) is 2.59. The Labute approximate surface area is 163 Å². The maximum atomic E-state index is 14.2. The number of pyridine rings is 1. The molecule has 29 heavy (non-hydrogen) atoms. The lowest BCUT2D eigenvalue weighted by molar-refractivity contribution is 0.607. The van der Waals surface area contributed by atoms with Gasteiger partial charge in [-0.25, -0.2) is 23.9 Å². The van der Waals surface area contributed by atoms with Crippen LogP contribution in [0.5, 0.6) is 0 Å². The maximum Gasteiger partial charge on any atom is 0.179 e. The number of hydrogen-bond acceptors (Lipinski definition) is 7. The number of aromatic amines is 1. The van der Waals surface area contributed by atoms with Gasteiger partial charge >= 0.3 is 0 Å². The highest BCUT2D eigenvalue weighted by atomic mass is 19.1. The third-order valence-electron chi connectivity index (χ3n) is 4.94. The molecule has 9 nitrogen and oxygen atoms in total. The van der Waals surface area contributed by atoms with Crippen LogP contribution in [0, 0.1) is 28.5 Å². The smallest absolute Gasteiger partial charge is 0.179 e. The first-order valence-corrected chi connectivity index (χ1v) is 8.79. The van der Waals surface area contributed by atoms with Crippen LogP contribution in [-0.4, -0.2) is 36.1 Å². The molecule has 0 saturated heterocycles. The van der Waals surface area contributed by atoms with E-state index in [1.165, 1.54) is 16.8 Å². The normalized spacial score (nSPS) is 15.7. The lowest BCUT2D eigenvalue weighted by atomic mass is 10.00. The third kappa shape index (κ3) is 2.58. The number of nitriles is 2. The summed E-state index contributed by atoms with van der Waals surface area (Å²) in [5.74, 6) is 0.0533. The predicted octanol–water partition coefficient (Wildman–Crippen LogP) is 1.88. The Morgan fingerprint density at radius 3 is 2.86 bits per heavy atom. The Balaban J connectivity index is 1.68. The van der Waals surface area contributed by atoms with Crippen molar-refractivity contribution in [2.45, 2.75) is 12.5 Å². The summed E-state index contributed by atoms with van der Waals surface area (Å²) >= 11 is 0. The highest BCUT2D eigenvalue weighted by Crippen LogP contribution is 2.36. The van der Waals surface area contributed by atoms with Crippen molar-refractivity contribution in [2.75, 3.05) is 11.4 Å². The van der Waals surface area contributed by atoms with Gasteiger partial charge in [-0.1, -0.05) is 0 Å². The Bertz CT molecular complexity index is 1320. The first-order valence-electron chi connectivity index (χ1n) is 8.79. The molecular formula is C19H12FN9. The van der Waals surface area contributed by atoms with Crippen molar-refractivity contribution in [1.29, 1.82) is 10.5 Å². The van der Waals surface area contributed by atoms with Gasteiger partial charge in [-0.2, -0.15) is 15.6 Å². The first kappa shape index (κ1) is 16.8. The topological polar surface area (TPSA) is 123 Å². The molecule has 0 fully saturated rings. The molecule has 0 amide bonds. The molecule has 4 aromatic heterocycles. The molecular weight excluding hydrogens is 373 g/mol. The SMILES string of the molecule is N#Cc1ncc(N2CCc3[nH]cnc3[C@@H]2c2cc3c(F)cccn3n2)nc1C#N. The maximum absolute atomic E-state index is 14.2. The van der Waals surface area contributed by atoms with Crippen molar-refractivity contribution in [3.63, 3.8) is 0 Å². The fourth-order valence-corrected chi connectivity index (χ4v) is 3.63. The molecule has 4 aromatic rings. The fourth-order valence-electron chi connectivity index (χ4n) is 3.63. The highest BCUT2D eigenvalue weighted by molar-refractivity contribution is 5.55. The Morgan fingerprint density at radius 2 is 2.07 bits per heavy atom. The number of anilines is 1. The van der Waals surface area contributed by atoms with Crippen LogP contribution in [-0.2, 0) is 6.42 Å². The summed E-state index contributed by atoms with van der Waals surface area (Å²) in [5, 5.41) is 23.0. The van der Waals surface area contributed by atoms with Crippen LogP contribution in [0.15, 0.2) is 36.9 Å². The van der Waals surface area contributed by atoms with E-state index in [0.717, 1.165) is 11.4 Å². The summed E-state index contributed by atoms with van der Waals surface area (Å²) in [6.45, 7) is 0.557. The zero-order chi connectivity index (χ0) is 20.0. The summed E-state index contributed by atoms with van der Waals surface area (Å²) in [6, 6.07) is 7.97. The van der Waals surface area contributed by atoms with Crippen LogP contribution >= 0.6 is 0 Å². The van der Waals surface area contributed by atoms with E-state index in [2.05, 4.69) is 25.0 Å². The van der Waals surface area contributed by atoms with Crippen molar-refractivity contribution >= 4 is 11.3 Å². The zero-order valence-corrected chi connectivity index (χ0v) is 14.9. The molecule has 140 valence electrons. The van der Waals surface area contributed by atoms with Gasteiger partial charge in [0, 0.05) is 24.9 Å². The lowest BCUT2D eigenvalue weighted by Crippen LogP contribution is -2.37. The number of rotatable bonds is 2. The van der Waals surface area contributed by atoms with E-state index in [0.29, 0.717) is 30.0 Å². The Kier molecular flexibility index (Phi) is 3.71. The van der Waals surface area contributed by atoms with E-state index >= 15 is 0 Å². The van der Waals surface area contributed by atoms with E-state index in [1.807, 2.05) is 17.0 Å². The van der Waals surface area contributed by atoms with E-state index < -0.39 is 6.04 Å². The number of imidazole rings is 1. The summed E-state index contributed by atoms with van der Waals surface area (Å²) in [6.07, 6.45) is 5.43. The molecule has 0 spiro atoms. The second-order valence-electron chi connectivity index (χ2n) is 6.52. The second-order valence-corrected chi connectivity index (χ2v) is 6.52. The van der Waals surface area contributed by atoms with Gasteiger partial charge < -0.3 is 9.88 Å². The number of H-pyrrole nitrogens is 1. The average molecular weight is 385 g/mol. The van der Waals surface area contributed by atoms with Crippen molar-refractivity contribution < 1.29 is 4.39 Å². The van der Waals surface area contributed by atoms with Crippen LogP contribution in [0.3, 0.4) is 0 Å². The first-order chi connectivity index (χ1) is 14.2. The van der Waals surface area contributed by atoms with Crippen molar-refractivity contribution in [3.8, 4) is 12.1 Å². The molecule has 0 bridgehead atoms. The van der Waals surface area contributed by atoms with E-state index in [1.54, 1.807) is 24.7 Å². The van der Waals surface area contributed by atoms with E-state index in [9.17, 15) is 9.65 Å². The molecule has 1 N–H and O–H groups in total. The predicted molar refractivity (Wildman–Crippen MR) is 98.1 cm³/mol. The van der Waals surface area contributed by atoms with Gasteiger partial charge in [0.1, 0.15) is 35.3 Å². The number of nitrogens with one attached hydrogen (secondary N) is 1. The van der Waals surface area contributed by atoms with Gasteiger partial charge in [-0.3, -0.25) is 0 Å². The minimum atomic E-state index is -0.446. The number of aromatic nitrogens is 6. The summed E-state index contributed by atoms with van der Waals surface area (Å²) in [7, 11) is 0. The molecule has 1 atom stereocenters. The number of halogens is 1. The molecule has 0 unspecified atom stereocenters. The molecule has 10 heteroatoms. The van der Waals surface area contributed by atoms with E-state index in [4.69, 9.17) is 5.26 Å². The highest BCUT2D eigenvalue weighted by Gasteiger charge is 2.34. The minimum Gasteiger partial charge on any atom is -0.348 e. The van der Waals surface area contributed by atoms with Gasteiger partial charge in [-0.15, -0.1) is 0 Å². The van der Waals surface area contributed by atoms with Crippen LogP contribution in [0.25, 0.3) is 5.52 Å². The van der Waals surface area contributed by atoms with Crippen LogP contribution in [0.2, 0.25) is 0 Å². The number of nitrogens with zero attached hydrogens (tertiary/aromatic N) is 8. The number of fused-ring (bicyclic) bond motifs is 2. The molecule has 5 heterocycles. The quantitative estimate of drug-likeness (QED) is 0.559. The third-order valence-corrected chi connectivity index (χ3v) is 4.94. The van der Waals surface area contributed by atoms with Crippen LogP contribution in [0.4, 0.5) is 10.2 Å². The van der Waals surface area contributed by atoms with Crippen molar-refractivity contribution in [2.24, 2.45) is 0 Å². The van der Waals surface area contributed by atoms with Gasteiger partial charge in [0.15, 0.2) is 11.4 Å². The second kappa shape index (κ2) is 6.39. The molecule has 1 aliphatic heterocycles. The van der Waals surface area contributed by atoms with Crippen molar-refractivity contribution in [1.82, 2.24) is 29.5 Å². The number of hydrogen-bond donors (Lipinski definition) is 1. The lowest BCUT2D eigenvalue weighted by Gasteiger charge is -2.34. The summed E-state index contributed by atoms with van der Waals surface area (Å²) < 4.78 is 15.7. The monoisotopic (exact) mass is 385 g/mol. The zero-order valence-electron chi connectivity index (χ0n) is 14.9. The van der Waals surface area contributed by atoms with Crippen LogP contribution < -0.4 is 4.90 Å². The Hall–Kier alpha value is -4.31. The van der Waals surface area contributed by atoms with Gasteiger partial charge in [0.2, 0.25) is 0 Å². The van der Waals surface area contributed by atoms with Crippen LogP contribution in [0.1, 0.15) is 34.5 Å². The average Bonchev–Trinajstić information content (AvgIpc) is 3.40. The fraction of sp³-hybridized carbons (Fsp3) is 0.158. The Morgan fingerprint density at radius 1 is 1.21 bits per heavy atom. The standard InChI is InChI=1S/C19H12FN9/c20-11-2-1-4-29-16(11)6-13(27-29)19-18-12(24-10-25-18)3-5-28(19)17-9-23-14(7-21)15(8-22)26-17/h1-2,4,6,9-10,19H,3,5H2,(H,24,25)/t19-/m0/s1. The molecule has 0 saturated carbocycles. The van der Waals surface area contributed by atoms with Gasteiger partial charge in [0.25, 0.3) is 0 Å². The minimum absolute atomic E-state index is 0.0277. The largest absolute Gasteiger partial charge is 0.348 e. The van der Waals surface area contributed by atoms with Gasteiger partial charge in [-0.05, 0) is 18.2 Å². The van der Waals surface area contributed by atoms with Gasteiger partial charge in [0.05, 0.1) is 23.9 Å².